The zero-order valence-corrected chi connectivity index (χ0v) is 43.8. The Morgan fingerprint density at radius 2 is 1.23 bits per heavy atom. The first-order valence-corrected chi connectivity index (χ1v) is 26.6. The van der Waals surface area contributed by atoms with Crippen LogP contribution in [-0.4, -0.2) is 66.5 Å². The van der Waals surface area contributed by atoms with Crippen molar-refractivity contribution in [2.45, 2.75) is 98.4 Å². The van der Waals surface area contributed by atoms with Crippen molar-refractivity contribution in [3.8, 4) is 5.75 Å². The van der Waals surface area contributed by atoms with Crippen molar-refractivity contribution in [1.82, 2.24) is 9.13 Å². The predicted molar refractivity (Wildman–Crippen MR) is 272 cm³/mol. The van der Waals surface area contributed by atoms with Gasteiger partial charge >= 0.3 is 11.9 Å². The van der Waals surface area contributed by atoms with Gasteiger partial charge in [-0.05, 0) is 89.5 Å². The van der Waals surface area contributed by atoms with Gasteiger partial charge in [0.2, 0.25) is 10.9 Å². The fraction of sp³-hybridized carbons (Fsp3) is 0.396. The molecular formula is C53H61Cl2F3N2O9Si. The normalized spacial score (nSPS) is 12.8. The van der Waals surface area contributed by atoms with Gasteiger partial charge in [-0.1, -0.05) is 95.9 Å². The van der Waals surface area contributed by atoms with E-state index in [-0.39, 0.29) is 86.5 Å². The maximum atomic E-state index is 15.5. The lowest BCUT2D eigenvalue weighted by atomic mass is 9.98. The number of rotatable bonds is 16. The molecule has 0 radical (unpaired) electrons. The molecule has 2 atom stereocenters. The van der Waals surface area contributed by atoms with E-state index >= 15 is 4.39 Å². The molecule has 2 heterocycles. The van der Waals surface area contributed by atoms with E-state index in [0.29, 0.717) is 34.5 Å². The average molecular weight is 1030 g/mol. The molecular weight excluding hydrogens is 965 g/mol. The second-order valence-corrected chi connectivity index (χ2v) is 25.0. The average Bonchev–Trinajstić information content (AvgIpc) is 3.28. The molecule has 4 aromatic carbocycles. The number of aromatic nitrogens is 2. The van der Waals surface area contributed by atoms with Crippen molar-refractivity contribution in [1.29, 1.82) is 0 Å². The zero-order valence-electron chi connectivity index (χ0n) is 41.3. The van der Waals surface area contributed by atoms with Gasteiger partial charge in [-0.3, -0.25) is 9.59 Å². The van der Waals surface area contributed by atoms with Gasteiger partial charge in [0, 0.05) is 42.1 Å². The Labute approximate surface area is 416 Å². The molecule has 11 nitrogen and oxygen atoms in total. The topological polar surface area (TPSA) is 146 Å². The Balaban J connectivity index is 0.000000267. The summed E-state index contributed by atoms with van der Waals surface area (Å²) in [7, 11) is -0.676. The van der Waals surface area contributed by atoms with Crippen LogP contribution in [0.2, 0.25) is 28.2 Å². The van der Waals surface area contributed by atoms with E-state index in [9.17, 15) is 38.2 Å². The van der Waals surface area contributed by atoms with Crippen molar-refractivity contribution < 1.29 is 46.9 Å². The van der Waals surface area contributed by atoms with Gasteiger partial charge in [0.1, 0.15) is 34.3 Å². The molecule has 17 heteroatoms. The fourth-order valence-corrected chi connectivity index (χ4v) is 9.27. The number of hydrogen-bond acceptors (Lipinski definition) is 8. The van der Waals surface area contributed by atoms with Crippen molar-refractivity contribution in [2.24, 2.45) is 11.8 Å². The minimum atomic E-state index is -2.13. The number of ether oxygens (including phenoxy) is 2. The Morgan fingerprint density at radius 3 is 1.71 bits per heavy atom. The number of aromatic carboxylic acids is 1. The number of pyridine rings is 2. The number of fused-ring (bicyclic) bond motifs is 2. The van der Waals surface area contributed by atoms with Crippen LogP contribution in [0.3, 0.4) is 0 Å². The molecule has 0 aliphatic rings. The van der Waals surface area contributed by atoms with Crippen LogP contribution >= 0.6 is 23.2 Å². The first-order chi connectivity index (χ1) is 32.8. The van der Waals surface area contributed by atoms with Gasteiger partial charge < -0.3 is 33.2 Å². The lowest BCUT2D eigenvalue weighted by molar-refractivity contribution is 0.0522. The van der Waals surface area contributed by atoms with Crippen molar-refractivity contribution in [3.63, 3.8) is 0 Å². The SMILES string of the molecule is CCOC(=O)c1cn([C@@H](CO[Si](C)(C)C(C)(C)C)C(C)C)c2cc(F)c(Cc3cccc(Cl)c3F)cc2c1=O.COc1cc2c(cc1Cc1cccc(Cl)c1F)c(=O)c(C(=O)O)cn2[C@@H](CO)C(C)C. The molecule has 0 saturated carbocycles. The smallest absolute Gasteiger partial charge is 0.343 e. The molecule has 0 saturated heterocycles. The van der Waals surface area contributed by atoms with Crippen LogP contribution in [0, 0.1) is 29.3 Å². The van der Waals surface area contributed by atoms with Gasteiger partial charge in [-0.2, -0.15) is 0 Å². The predicted octanol–water partition coefficient (Wildman–Crippen LogP) is 12.2. The quantitative estimate of drug-likeness (QED) is 0.0714. The van der Waals surface area contributed by atoms with Gasteiger partial charge in [0.15, 0.2) is 8.32 Å². The van der Waals surface area contributed by atoms with E-state index in [0.717, 1.165) is 0 Å². The van der Waals surface area contributed by atoms with Crippen LogP contribution < -0.4 is 15.6 Å². The maximum Gasteiger partial charge on any atom is 0.343 e. The van der Waals surface area contributed by atoms with Gasteiger partial charge in [0.25, 0.3) is 0 Å². The summed E-state index contributed by atoms with van der Waals surface area (Å²) in [6, 6.07) is 14.2. The highest BCUT2D eigenvalue weighted by molar-refractivity contribution is 6.74. The first kappa shape index (κ1) is 55.5. The van der Waals surface area contributed by atoms with Crippen molar-refractivity contribution in [2.75, 3.05) is 26.9 Å². The lowest BCUT2D eigenvalue weighted by Crippen LogP contribution is -2.42. The second kappa shape index (κ2) is 22.7. The van der Waals surface area contributed by atoms with Crippen LogP contribution in [0.15, 0.2) is 82.6 Å². The Kier molecular flexibility index (Phi) is 18.0. The number of esters is 1. The fourth-order valence-electron chi connectivity index (χ4n) is 7.86. The van der Waals surface area contributed by atoms with Crippen molar-refractivity contribution in [3.05, 3.63) is 154 Å². The standard InChI is InChI=1S/C30H38ClF2NO4Si.C23H23ClFNO5/c1-9-37-29(36)22-16-34(26(18(2)3)17-38-39(7,8)30(4,5)6)25-15-24(32)20(14-21(25)28(22)35)13-19-11-10-12-23(31)27(19)33;1-12(2)19(11-27)26-10-16(23(29)30)22(28)15-8-14(20(31-3)9-18(15)26)7-13-5-4-6-17(24)21(13)25/h10-12,14-16,18,26H,9,13,17H2,1-8H3;4-6,8-10,12,19,27H,7,11H2,1-3H3,(H,29,30)/t26-;19-/m00/s1. The molecule has 0 spiro atoms. The monoisotopic (exact) mass is 1020 g/mol. The van der Waals surface area contributed by atoms with E-state index in [1.165, 1.54) is 55.9 Å². The number of methoxy groups -OCH3 is 1. The largest absolute Gasteiger partial charge is 0.496 e. The number of benzene rings is 4. The molecule has 0 unspecified atom stereocenters. The summed E-state index contributed by atoms with van der Waals surface area (Å²) in [4.78, 5) is 51.0. The summed E-state index contributed by atoms with van der Waals surface area (Å²) >= 11 is 11.8. The van der Waals surface area contributed by atoms with Crippen LogP contribution in [0.1, 0.15) is 110 Å². The number of carboxylic acid groups (broad SMARTS) is 1. The highest BCUT2D eigenvalue weighted by Crippen LogP contribution is 2.38. The third-order valence-electron chi connectivity index (χ3n) is 13.0. The minimum absolute atomic E-state index is 0.0181. The van der Waals surface area contributed by atoms with Gasteiger partial charge in [-0.25, -0.2) is 22.8 Å². The molecule has 376 valence electrons. The molecule has 0 bridgehead atoms. The number of carbonyl (C=O) groups is 2. The summed E-state index contributed by atoms with van der Waals surface area (Å²) < 4.78 is 65.1. The molecule has 70 heavy (non-hydrogen) atoms. The summed E-state index contributed by atoms with van der Waals surface area (Å²) in [5.74, 6) is -3.52. The number of carbonyl (C=O) groups excluding carboxylic acids is 1. The van der Waals surface area contributed by atoms with E-state index in [1.807, 2.05) is 27.7 Å². The van der Waals surface area contributed by atoms with E-state index in [4.69, 9.17) is 37.1 Å². The lowest BCUT2D eigenvalue weighted by Gasteiger charge is -2.38. The molecule has 0 aliphatic heterocycles. The third kappa shape index (κ3) is 12.0. The summed E-state index contributed by atoms with van der Waals surface area (Å²) in [5, 5.41) is 19.7. The van der Waals surface area contributed by atoms with Gasteiger partial charge in [0.05, 0.1) is 60.1 Å². The second-order valence-electron chi connectivity index (χ2n) is 19.4. The summed E-state index contributed by atoms with van der Waals surface area (Å²) in [5.41, 5.74) is 0.119. The Bertz CT molecular complexity index is 3040. The summed E-state index contributed by atoms with van der Waals surface area (Å²) in [6.45, 7) is 20.4. The van der Waals surface area contributed by atoms with Crippen LogP contribution in [0.4, 0.5) is 13.2 Å². The molecule has 6 aromatic rings. The van der Waals surface area contributed by atoms with Crippen LogP contribution in [0.25, 0.3) is 21.8 Å². The first-order valence-electron chi connectivity index (χ1n) is 22.9. The minimum Gasteiger partial charge on any atom is -0.496 e. The highest BCUT2D eigenvalue weighted by Gasteiger charge is 2.38. The highest BCUT2D eigenvalue weighted by atomic mass is 35.5. The van der Waals surface area contributed by atoms with Gasteiger partial charge in [-0.15, -0.1) is 0 Å². The summed E-state index contributed by atoms with van der Waals surface area (Å²) in [6.07, 6.45) is 2.69. The third-order valence-corrected chi connectivity index (χ3v) is 18.1. The van der Waals surface area contributed by atoms with E-state index in [2.05, 4.69) is 33.9 Å². The number of carboxylic acids is 1. The number of aliphatic hydroxyl groups is 1. The van der Waals surface area contributed by atoms with Crippen LogP contribution in [0.5, 0.6) is 5.75 Å². The van der Waals surface area contributed by atoms with Crippen LogP contribution in [-0.2, 0) is 22.0 Å². The Morgan fingerprint density at radius 1 is 0.743 bits per heavy atom. The zero-order chi connectivity index (χ0) is 52.2. The number of hydrogen-bond donors (Lipinski definition) is 2. The Hall–Kier alpha value is -5.45. The molecule has 0 amide bonds. The molecule has 2 N–H and O–H groups in total. The molecule has 0 fully saturated rings. The van der Waals surface area contributed by atoms with E-state index < -0.39 is 60.2 Å². The molecule has 6 rings (SSSR count). The van der Waals surface area contributed by atoms with E-state index in [1.54, 1.807) is 40.3 Å². The number of aliphatic hydroxyl groups excluding tert-OH is 1. The molecule has 2 aromatic heterocycles. The van der Waals surface area contributed by atoms with Crippen molar-refractivity contribution >= 4 is 65.3 Å². The number of nitrogens with zero attached hydrogens (tertiary/aromatic N) is 2. The number of halogens is 5. The molecule has 0 aliphatic carbocycles. The maximum absolute atomic E-state index is 15.5.